The molecule has 1 heterocycles. The number of carbonyl (C=O) groups is 1. The van der Waals surface area contributed by atoms with Gasteiger partial charge in [0.1, 0.15) is 12.2 Å². The summed E-state index contributed by atoms with van der Waals surface area (Å²) in [5.74, 6) is 0.804. The minimum Gasteiger partial charge on any atom is -0.338 e. The summed E-state index contributed by atoms with van der Waals surface area (Å²) >= 11 is 0. The maximum absolute atomic E-state index is 12.3. The molecule has 0 spiro atoms. The number of aryl methyl sites for hydroxylation is 2. The van der Waals surface area contributed by atoms with E-state index in [1.165, 1.54) is 36.7 Å². The Morgan fingerprint density at radius 1 is 1.29 bits per heavy atom. The summed E-state index contributed by atoms with van der Waals surface area (Å²) in [4.78, 5) is 18.0. The molecule has 110 valence electrons. The first-order valence-electron chi connectivity index (χ1n) is 7.41. The molecule has 0 saturated heterocycles. The largest absolute Gasteiger partial charge is 0.338 e. The molecule has 0 saturated carbocycles. The number of likely N-dealkylation sites (N-methyl/N-ethyl adjacent to an activating group) is 1. The van der Waals surface area contributed by atoms with Crippen LogP contribution in [-0.2, 0) is 30.6 Å². The lowest BCUT2D eigenvalue weighted by Crippen LogP contribution is -2.28. The maximum Gasteiger partial charge on any atom is 0.227 e. The van der Waals surface area contributed by atoms with Crippen LogP contribution in [0.1, 0.15) is 35.4 Å². The van der Waals surface area contributed by atoms with Crippen LogP contribution in [0.25, 0.3) is 0 Å². The van der Waals surface area contributed by atoms with Gasteiger partial charge >= 0.3 is 0 Å². The van der Waals surface area contributed by atoms with E-state index in [0.717, 1.165) is 12.0 Å². The van der Waals surface area contributed by atoms with Crippen molar-refractivity contribution >= 4 is 5.91 Å². The Labute approximate surface area is 124 Å². The average molecular weight is 284 g/mol. The van der Waals surface area contributed by atoms with E-state index in [0.29, 0.717) is 18.8 Å². The Morgan fingerprint density at radius 2 is 2.10 bits per heavy atom. The number of nitrogens with one attached hydrogen (secondary N) is 1. The van der Waals surface area contributed by atoms with Gasteiger partial charge in [0, 0.05) is 7.05 Å². The number of H-pyrrole nitrogens is 1. The van der Waals surface area contributed by atoms with Crippen LogP contribution in [0.3, 0.4) is 0 Å². The third-order valence-corrected chi connectivity index (χ3v) is 4.05. The Kier molecular flexibility index (Phi) is 3.99. The molecule has 0 atom stereocenters. The summed E-state index contributed by atoms with van der Waals surface area (Å²) < 4.78 is 0. The fourth-order valence-corrected chi connectivity index (χ4v) is 2.83. The molecule has 0 fully saturated rings. The number of hydrogen-bond acceptors (Lipinski definition) is 3. The van der Waals surface area contributed by atoms with Gasteiger partial charge in [-0.2, -0.15) is 5.10 Å². The summed E-state index contributed by atoms with van der Waals surface area (Å²) in [6, 6.07) is 6.48. The van der Waals surface area contributed by atoms with E-state index in [2.05, 4.69) is 33.4 Å². The second-order valence-corrected chi connectivity index (χ2v) is 5.67. The zero-order valence-corrected chi connectivity index (χ0v) is 12.3. The summed E-state index contributed by atoms with van der Waals surface area (Å²) in [5.41, 5.74) is 3.97. The standard InChI is InChI=1S/C16H20N4O/c1-20(10-15-17-11-18-19-15)16(21)9-12-6-7-13-4-2-3-5-14(13)8-12/h6-8,11H,2-5,9-10H2,1H3,(H,17,18,19). The average Bonchev–Trinajstić information content (AvgIpc) is 3.00. The highest BCUT2D eigenvalue weighted by Crippen LogP contribution is 2.22. The lowest BCUT2D eigenvalue weighted by molar-refractivity contribution is -0.129. The van der Waals surface area contributed by atoms with Crippen LogP contribution >= 0.6 is 0 Å². The van der Waals surface area contributed by atoms with Gasteiger partial charge in [0.2, 0.25) is 5.91 Å². The van der Waals surface area contributed by atoms with Crippen molar-refractivity contribution in [3.8, 4) is 0 Å². The van der Waals surface area contributed by atoms with Crippen LogP contribution in [0, 0.1) is 0 Å². The van der Waals surface area contributed by atoms with Gasteiger partial charge in [-0.05, 0) is 42.4 Å². The number of benzene rings is 1. The molecule has 21 heavy (non-hydrogen) atoms. The summed E-state index contributed by atoms with van der Waals surface area (Å²) in [6.45, 7) is 0.462. The highest BCUT2D eigenvalue weighted by Gasteiger charge is 2.14. The van der Waals surface area contributed by atoms with Crippen LogP contribution in [0.2, 0.25) is 0 Å². The number of carbonyl (C=O) groups excluding carboxylic acids is 1. The van der Waals surface area contributed by atoms with Gasteiger partial charge in [0.25, 0.3) is 0 Å². The highest BCUT2D eigenvalue weighted by atomic mass is 16.2. The number of aromatic amines is 1. The van der Waals surface area contributed by atoms with Crippen molar-refractivity contribution in [3.05, 3.63) is 47.0 Å². The van der Waals surface area contributed by atoms with Crippen molar-refractivity contribution in [2.24, 2.45) is 0 Å². The van der Waals surface area contributed by atoms with Crippen LogP contribution in [0.4, 0.5) is 0 Å². The molecule has 0 bridgehead atoms. The lowest BCUT2D eigenvalue weighted by atomic mass is 9.90. The van der Waals surface area contributed by atoms with E-state index in [1.807, 2.05) is 0 Å². The second-order valence-electron chi connectivity index (χ2n) is 5.67. The molecule has 0 aliphatic heterocycles. The molecule has 5 nitrogen and oxygen atoms in total. The predicted octanol–water partition coefficient (Wildman–Crippen LogP) is 1.88. The molecule has 5 heteroatoms. The normalized spacial score (nSPS) is 13.8. The first kappa shape index (κ1) is 13.8. The molecule has 1 aliphatic rings. The number of amides is 1. The summed E-state index contributed by atoms with van der Waals surface area (Å²) in [5, 5.41) is 6.57. The van der Waals surface area contributed by atoms with Crippen molar-refractivity contribution in [2.45, 2.75) is 38.6 Å². The Morgan fingerprint density at radius 3 is 2.86 bits per heavy atom. The molecule has 1 aliphatic carbocycles. The predicted molar refractivity (Wildman–Crippen MR) is 79.6 cm³/mol. The van der Waals surface area contributed by atoms with Crippen LogP contribution in [-0.4, -0.2) is 33.0 Å². The lowest BCUT2D eigenvalue weighted by Gasteiger charge is -2.18. The molecule has 1 aromatic carbocycles. The van der Waals surface area contributed by atoms with Gasteiger partial charge < -0.3 is 4.90 Å². The second kappa shape index (κ2) is 6.08. The topological polar surface area (TPSA) is 61.9 Å². The van der Waals surface area contributed by atoms with E-state index in [4.69, 9.17) is 0 Å². The molecular weight excluding hydrogens is 264 g/mol. The number of fused-ring (bicyclic) bond motifs is 1. The number of nitrogens with zero attached hydrogens (tertiary/aromatic N) is 3. The van der Waals surface area contributed by atoms with Gasteiger partial charge in [0.15, 0.2) is 0 Å². The molecular formula is C16H20N4O. The minimum atomic E-state index is 0.0992. The first-order valence-corrected chi connectivity index (χ1v) is 7.41. The van der Waals surface area contributed by atoms with E-state index in [9.17, 15) is 4.79 Å². The highest BCUT2D eigenvalue weighted by molar-refractivity contribution is 5.78. The molecule has 3 rings (SSSR count). The van der Waals surface area contributed by atoms with Gasteiger partial charge in [0.05, 0.1) is 13.0 Å². The third-order valence-electron chi connectivity index (χ3n) is 4.05. The third kappa shape index (κ3) is 3.29. The zero-order valence-electron chi connectivity index (χ0n) is 12.3. The fraction of sp³-hybridized carbons (Fsp3) is 0.438. The van der Waals surface area contributed by atoms with Gasteiger partial charge in [-0.1, -0.05) is 18.2 Å². The number of hydrogen-bond donors (Lipinski definition) is 1. The van der Waals surface area contributed by atoms with Gasteiger partial charge in [-0.25, -0.2) is 4.98 Å². The quantitative estimate of drug-likeness (QED) is 0.932. The van der Waals surface area contributed by atoms with Crippen LogP contribution in [0.15, 0.2) is 24.5 Å². The molecule has 0 radical (unpaired) electrons. The van der Waals surface area contributed by atoms with E-state index in [-0.39, 0.29) is 5.91 Å². The van der Waals surface area contributed by atoms with E-state index < -0.39 is 0 Å². The SMILES string of the molecule is CN(Cc1ncn[nH]1)C(=O)Cc1ccc2c(c1)CCCC2. The Balaban J connectivity index is 1.64. The van der Waals surface area contributed by atoms with E-state index in [1.54, 1.807) is 11.9 Å². The van der Waals surface area contributed by atoms with Crippen molar-refractivity contribution in [1.29, 1.82) is 0 Å². The van der Waals surface area contributed by atoms with Crippen LogP contribution < -0.4 is 0 Å². The van der Waals surface area contributed by atoms with Crippen LogP contribution in [0.5, 0.6) is 0 Å². The van der Waals surface area contributed by atoms with Gasteiger partial charge in [-0.3, -0.25) is 9.89 Å². The molecule has 1 aromatic heterocycles. The smallest absolute Gasteiger partial charge is 0.227 e. The van der Waals surface area contributed by atoms with Crippen molar-refractivity contribution in [1.82, 2.24) is 20.1 Å². The minimum absolute atomic E-state index is 0.0992. The van der Waals surface area contributed by atoms with E-state index >= 15 is 0 Å². The summed E-state index contributed by atoms with van der Waals surface area (Å²) in [7, 11) is 1.79. The first-order chi connectivity index (χ1) is 10.2. The molecule has 2 aromatic rings. The maximum atomic E-state index is 12.3. The molecule has 1 amide bonds. The van der Waals surface area contributed by atoms with Crippen molar-refractivity contribution in [2.75, 3.05) is 7.05 Å². The van der Waals surface area contributed by atoms with Crippen molar-refractivity contribution < 1.29 is 4.79 Å². The van der Waals surface area contributed by atoms with Crippen molar-refractivity contribution in [3.63, 3.8) is 0 Å². The Bertz CT molecular complexity index is 621. The Hall–Kier alpha value is -2.17. The molecule has 1 N–H and O–H groups in total. The molecule has 0 unspecified atom stereocenters. The number of rotatable bonds is 4. The fourth-order valence-electron chi connectivity index (χ4n) is 2.83. The van der Waals surface area contributed by atoms with Gasteiger partial charge in [-0.15, -0.1) is 0 Å². The number of aromatic nitrogens is 3. The monoisotopic (exact) mass is 284 g/mol. The summed E-state index contributed by atoms with van der Waals surface area (Å²) in [6.07, 6.45) is 6.76. The zero-order chi connectivity index (χ0) is 14.7.